The molecule has 1 aliphatic heterocycles. The lowest BCUT2D eigenvalue weighted by Gasteiger charge is -2.36. The summed E-state index contributed by atoms with van der Waals surface area (Å²) in [7, 11) is 0. The Morgan fingerprint density at radius 1 is 1.00 bits per heavy atom. The van der Waals surface area contributed by atoms with Crippen molar-refractivity contribution < 1.29 is 4.52 Å². The van der Waals surface area contributed by atoms with Gasteiger partial charge in [-0.3, -0.25) is 0 Å². The van der Waals surface area contributed by atoms with Crippen molar-refractivity contribution in [2.45, 2.75) is 0 Å². The molecule has 0 unspecified atom stereocenters. The number of nitrogens with zero attached hydrogens (tertiary/aromatic N) is 3. The van der Waals surface area contributed by atoms with Gasteiger partial charge in [0.2, 0.25) is 0 Å². The van der Waals surface area contributed by atoms with Gasteiger partial charge >= 0.3 is 0 Å². The number of rotatable bonds is 2. The van der Waals surface area contributed by atoms with Crippen LogP contribution in [0.25, 0.3) is 0 Å². The number of anilines is 2. The molecule has 0 aliphatic carbocycles. The molecule has 0 spiro atoms. The Morgan fingerprint density at radius 2 is 1.71 bits per heavy atom. The van der Waals surface area contributed by atoms with Gasteiger partial charge in [0, 0.05) is 31.9 Å². The zero-order valence-electron chi connectivity index (χ0n) is 9.54. The van der Waals surface area contributed by atoms with E-state index in [-0.39, 0.29) is 0 Å². The number of benzene rings is 1. The van der Waals surface area contributed by atoms with Gasteiger partial charge in [0.25, 0.3) is 0 Å². The van der Waals surface area contributed by atoms with Crippen LogP contribution in [0.15, 0.2) is 41.1 Å². The molecule has 1 fully saturated rings. The monoisotopic (exact) mass is 228 g/mol. The van der Waals surface area contributed by atoms with Crippen LogP contribution in [0, 0.1) is 6.20 Å². The van der Waals surface area contributed by atoms with Crippen LogP contribution in [0.5, 0.6) is 0 Å². The van der Waals surface area contributed by atoms with Gasteiger partial charge in [0.05, 0.1) is 0 Å². The topological polar surface area (TPSA) is 32.5 Å². The Morgan fingerprint density at radius 3 is 2.35 bits per heavy atom. The quantitative estimate of drug-likeness (QED) is 0.784. The molecule has 4 nitrogen and oxygen atoms in total. The zero-order valence-corrected chi connectivity index (χ0v) is 9.54. The summed E-state index contributed by atoms with van der Waals surface area (Å²) in [5, 5.41) is 3.62. The van der Waals surface area contributed by atoms with Crippen molar-refractivity contribution in [2.75, 3.05) is 36.0 Å². The van der Waals surface area contributed by atoms with Crippen molar-refractivity contribution in [2.24, 2.45) is 0 Å². The van der Waals surface area contributed by atoms with E-state index in [2.05, 4.69) is 45.4 Å². The Hall–Kier alpha value is -1.97. The summed E-state index contributed by atoms with van der Waals surface area (Å²) in [6.07, 6.45) is 4.50. The van der Waals surface area contributed by atoms with Gasteiger partial charge in [0.15, 0.2) is 6.20 Å². The maximum Gasteiger partial charge on any atom is 0.161 e. The van der Waals surface area contributed by atoms with E-state index in [1.807, 2.05) is 6.07 Å². The third-order valence-electron chi connectivity index (χ3n) is 3.12. The summed E-state index contributed by atoms with van der Waals surface area (Å²) < 4.78 is 4.82. The maximum absolute atomic E-state index is 4.82. The molecule has 0 atom stereocenters. The Bertz CT molecular complexity index is 447. The molecule has 0 N–H and O–H groups in total. The molecule has 2 aromatic rings. The highest BCUT2D eigenvalue weighted by Crippen LogP contribution is 2.19. The van der Waals surface area contributed by atoms with Gasteiger partial charge < -0.3 is 14.3 Å². The number of hydrogen-bond acceptors (Lipinski definition) is 4. The summed E-state index contributed by atoms with van der Waals surface area (Å²) >= 11 is 0. The van der Waals surface area contributed by atoms with Crippen LogP contribution in [0.2, 0.25) is 0 Å². The third kappa shape index (κ3) is 2.11. The van der Waals surface area contributed by atoms with E-state index in [0.29, 0.717) is 0 Å². The van der Waals surface area contributed by atoms with E-state index >= 15 is 0 Å². The Labute approximate surface area is 100 Å². The van der Waals surface area contributed by atoms with Crippen molar-refractivity contribution in [1.29, 1.82) is 0 Å². The van der Waals surface area contributed by atoms with E-state index in [9.17, 15) is 0 Å². The first-order chi connectivity index (χ1) is 8.43. The summed E-state index contributed by atoms with van der Waals surface area (Å²) in [5.74, 6) is 0. The largest absolute Gasteiger partial charge is 0.368 e. The van der Waals surface area contributed by atoms with E-state index in [4.69, 9.17) is 4.52 Å². The fraction of sp³-hybridized carbons (Fsp3) is 0.308. The molecule has 0 amide bonds. The van der Waals surface area contributed by atoms with Crippen molar-refractivity contribution in [3.63, 3.8) is 0 Å². The molecule has 3 rings (SSSR count). The van der Waals surface area contributed by atoms with Gasteiger partial charge in [-0.15, -0.1) is 0 Å². The lowest BCUT2D eigenvalue weighted by atomic mass is 10.2. The minimum Gasteiger partial charge on any atom is -0.368 e. The van der Waals surface area contributed by atoms with Crippen LogP contribution < -0.4 is 9.80 Å². The highest BCUT2D eigenvalue weighted by Gasteiger charge is 2.18. The summed E-state index contributed by atoms with van der Waals surface area (Å²) in [5.41, 5.74) is 2.25. The summed E-state index contributed by atoms with van der Waals surface area (Å²) in [4.78, 5) is 4.64. The van der Waals surface area contributed by atoms with E-state index in [0.717, 1.165) is 31.9 Å². The number of piperazine rings is 1. The number of aromatic nitrogens is 1. The second kappa shape index (κ2) is 4.49. The Balaban J connectivity index is 1.65. The highest BCUT2D eigenvalue weighted by atomic mass is 16.5. The molecule has 1 aliphatic rings. The SMILES string of the molecule is [c]1nocc1N1CCN(c2ccccc2)CC1. The third-order valence-corrected chi connectivity index (χ3v) is 3.12. The first kappa shape index (κ1) is 10.2. The van der Waals surface area contributed by atoms with Gasteiger partial charge in [-0.2, -0.15) is 0 Å². The summed E-state index contributed by atoms with van der Waals surface area (Å²) in [6, 6.07) is 10.5. The Kier molecular flexibility index (Phi) is 2.69. The van der Waals surface area contributed by atoms with Crippen molar-refractivity contribution in [3.8, 4) is 0 Å². The van der Waals surface area contributed by atoms with Gasteiger partial charge in [-0.25, -0.2) is 0 Å². The second-order valence-electron chi connectivity index (χ2n) is 4.12. The van der Waals surface area contributed by atoms with Crippen LogP contribution in [0.1, 0.15) is 0 Å². The van der Waals surface area contributed by atoms with E-state index in [1.54, 1.807) is 6.26 Å². The molecule has 1 aromatic heterocycles. The molecule has 0 bridgehead atoms. The molecule has 87 valence electrons. The average molecular weight is 228 g/mol. The lowest BCUT2D eigenvalue weighted by molar-refractivity contribution is 0.418. The molecular formula is C13H14N3O. The van der Waals surface area contributed by atoms with Gasteiger partial charge in [-0.05, 0) is 12.1 Å². The fourth-order valence-corrected chi connectivity index (χ4v) is 2.17. The fourth-order valence-electron chi connectivity index (χ4n) is 2.17. The van der Waals surface area contributed by atoms with Crippen LogP contribution in [-0.2, 0) is 0 Å². The van der Waals surface area contributed by atoms with Gasteiger partial charge in [-0.1, -0.05) is 23.4 Å². The van der Waals surface area contributed by atoms with E-state index < -0.39 is 0 Å². The molecule has 1 saturated heterocycles. The first-order valence-corrected chi connectivity index (χ1v) is 5.80. The normalized spacial score (nSPS) is 16.2. The minimum atomic E-state index is 0.956. The van der Waals surface area contributed by atoms with Crippen molar-refractivity contribution >= 4 is 11.4 Å². The smallest absolute Gasteiger partial charge is 0.161 e. The molecule has 1 radical (unpaired) electrons. The average Bonchev–Trinajstić information content (AvgIpc) is 2.94. The molecule has 4 heteroatoms. The number of para-hydroxylation sites is 1. The molecule has 1 aromatic carbocycles. The predicted molar refractivity (Wildman–Crippen MR) is 66.2 cm³/mol. The molecular weight excluding hydrogens is 214 g/mol. The number of hydrogen-bond donors (Lipinski definition) is 0. The van der Waals surface area contributed by atoms with Crippen molar-refractivity contribution in [3.05, 3.63) is 42.8 Å². The lowest BCUT2D eigenvalue weighted by Crippen LogP contribution is -2.46. The second-order valence-corrected chi connectivity index (χ2v) is 4.12. The molecule has 17 heavy (non-hydrogen) atoms. The van der Waals surface area contributed by atoms with Crippen LogP contribution in [0.4, 0.5) is 11.4 Å². The molecule has 0 saturated carbocycles. The van der Waals surface area contributed by atoms with Crippen LogP contribution in [0.3, 0.4) is 0 Å². The zero-order chi connectivity index (χ0) is 11.5. The minimum absolute atomic E-state index is 0.956. The maximum atomic E-state index is 4.82. The summed E-state index contributed by atoms with van der Waals surface area (Å²) in [6.45, 7) is 3.99. The van der Waals surface area contributed by atoms with Crippen LogP contribution >= 0.6 is 0 Å². The van der Waals surface area contributed by atoms with Crippen LogP contribution in [-0.4, -0.2) is 31.3 Å². The highest BCUT2D eigenvalue weighted by molar-refractivity contribution is 5.49. The predicted octanol–water partition coefficient (Wildman–Crippen LogP) is 1.80. The standard InChI is InChI=1S/C13H14N3O/c1-2-4-12(5-3-1)15-6-8-16(9-7-15)13-10-14-17-11-13/h1-5,11H,6-9H2. The first-order valence-electron chi connectivity index (χ1n) is 5.80. The molecule has 2 heterocycles. The van der Waals surface area contributed by atoms with E-state index in [1.165, 1.54) is 5.69 Å². The van der Waals surface area contributed by atoms with Gasteiger partial charge in [0.1, 0.15) is 12.0 Å². The van der Waals surface area contributed by atoms with Crippen molar-refractivity contribution in [1.82, 2.24) is 5.16 Å².